The second-order valence-corrected chi connectivity index (χ2v) is 10.5. The minimum atomic E-state index is -3.30. The number of carbonyl (C=O) groups excluding carboxylic acids is 2. The second-order valence-electron chi connectivity index (χ2n) is 7.50. The van der Waals surface area contributed by atoms with Crippen LogP contribution in [0.3, 0.4) is 0 Å². The number of ketones is 1. The summed E-state index contributed by atoms with van der Waals surface area (Å²) in [7, 11) is -3.30. The van der Waals surface area contributed by atoms with Crippen LogP contribution in [0.1, 0.15) is 48.3 Å². The molecule has 11 heteroatoms. The number of rotatable bonds is 13. The average molecular weight is 530 g/mol. The van der Waals surface area contributed by atoms with Crippen LogP contribution < -0.4 is 16.4 Å². The summed E-state index contributed by atoms with van der Waals surface area (Å²) in [6.07, 6.45) is 0.0675. The maximum absolute atomic E-state index is 12.8. The molecule has 0 aliphatic carbocycles. The molecule has 2 aromatic carbocycles. The second kappa shape index (κ2) is 12.6. The summed E-state index contributed by atoms with van der Waals surface area (Å²) in [5, 5.41) is 6.68. The molecule has 0 aliphatic heterocycles. The Morgan fingerprint density at radius 2 is 1.71 bits per heavy atom. The molecular weight excluding hydrogens is 500 g/mol. The summed E-state index contributed by atoms with van der Waals surface area (Å²) in [5.74, 6) is -0.901. The largest absolute Gasteiger partial charge is 0.383 e. The molecule has 0 saturated heterocycles. The zero-order valence-corrected chi connectivity index (χ0v) is 22.0. The minimum Gasteiger partial charge on any atom is -0.383 e. The molecule has 1 atom stereocenters. The first kappa shape index (κ1) is 28.1. The van der Waals surface area contributed by atoms with Crippen LogP contribution in [0.15, 0.2) is 30.3 Å². The van der Waals surface area contributed by atoms with Gasteiger partial charge in [-0.3, -0.25) is 14.2 Å². The van der Waals surface area contributed by atoms with E-state index in [9.17, 15) is 14.2 Å². The van der Waals surface area contributed by atoms with Crippen molar-refractivity contribution in [2.75, 3.05) is 36.6 Å². The molecule has 0 heterocycles. The van der Waals surface area contributed by atoms with E-state index in [0.29, 0.717) is 22.5 Å². The minimum absolute atomic E-state index is 0.0675. The summed E-state index contributed by atoms with van der Waals surface area (Å²) in [5.41, 5.74) is 8.13. The molecule has 0 aromatic heterocycles. The van der Waals surface area contributed by atoms with Gasteiger partial charge in [-0.25, -0.2) is 0 Å². The summed E-state index contributed by atoms with van der Waals surface area (Å²) in [6.45, 7) is 7.40. The molecule has 34 heavy (non-hydrogen) atoms. The Balaban J connectivity index is 2.44. The number of hydrogen-bond acceptors (Lipinski definition) is 7. The summed E-state index contributed by atoms with van der Waals surface area (Å²) < 4.78 is 23.4. The van der Waals surface area contributed by atoms with Crippen molar-refractivity contribution in [3.8, 4) is 0 Å². The summed E-state index contributed by atoms with van der Waals surface area (Å²) in [4.78, 5) is 24.7. The van der Waals surface area contributed by atoms with E-state index in [4.69, 9.17) is 38.0 Å². The third-order valence-electron chi connectivity index (χ3n) is 4.91. The van der Waals surface area contributed by atoms with E-state index in [0.717, 1.165) is 5.56 Å². The predicted octanol–water partition coefficient (Wildman–Crippen LogP) is 5.82. The highest BCUT2D eigenvalue weighted by molar-refractivity contribution is 7.53. The van der Waals surface area contributed by atoms with Gasteiger partial charge in [-0.2, -0.15) is 0 Å². The van der Waals surface area contributed by atoms with Gasteiger partial charge in [0.05, 0.1) is 30.1 Å². The van der Waals surface area contributed by atoms with E-state index < -0.39 is 19.5 Å². The van der Waals surface area contributed by atoms with Crippen molar-refractivity contribution in [1.82, 2.24) is 0 Å². The van der Waals surface area contributed by atoms with E-state index in [1.54, 1.807) is 44.2 Å². The molecule has 1 unspecified atom stereocenters. The van der Waals surface area contributed by atoms with E-state index in [1.165, 1.54) is 6.92 Å². The highest BCUT2D eigenvalue weighted by Gasteiger charge is 2.28. The Kier molecular flexibility index (Phi) is 10.4. The predicted molar refractivity (Wildman–Crippen MR) is 137 cm³/mol. The summed E-state index contributed by atoms with van der Waals surface area (Å²) >= 11 is 12.9. The van der Waals surface area contributed by atoms with Crippen molar-refractivity contribution in [3.05, 3.63) is 57.1 Å². The van der Waals surface area contributed by atoms with Gasteiger partial charge in [0.15, 0.2) is 5.78 Å². The first-order chi connectivity index (χ1) is 16.0. The normalized spacial score (nSPS) is 12.3. The molecule has 186 valence electrons. The first-order valence-electron chi connectivity index (χ1n) is 10.8. The lowest BCUT2D eigenvalue weighted by Crippen LogP contribution is -2.29. The van der Waals surface area contributed by atoms with E-state index in [1.807, 2.05) is 6.92 Å². The molecule has 0 bridgehead atoms. The average Bonchev–Trinajstić information content (AvgIpc) is 2.75. The standard InChI is InChI=1S/C23H30Cl2N3O5P/c1-5-32-34(31,33-6-2)12-11-27-21-18(25)10-9-17(24)20(21)22(23(26)30)28-19-13-14(3)7-8-16(19)15(4)29/h7-10,13,22,27-28H,5-6,11-12H2,1-4H3,(H2,26,30). The fourth-order valence-corrected chi connectivity index (χ4v) is 5.44. The first-order valence-corrected chi connectivity index (χ1v) is 13.3. The number of Topliss-reactive ketones (excluding diaryl/α,β-unsaturated/α-hetero) is 1. The van der Waals surface area contributed by atoms with E-state index >= 15 is 0 Å². The van der Waals surface area contributed by atoms with Crippen LogP contribution in [0.5, 0.6) is 0 Å². The van der Waals surface area contributed by atoms with Crippen molar-refractivity contribution in [2.45, 2.75) is 33.7 Å². The third kappa shape index (κ3) is 7.20. The maximum atomic E-state index is 12.8. The monoisotopic (exact) mass is 529 g/mol. The Morgan fingerprint density at radius 3 is 2.26 bits per heavy atom. The number of anilines is 2. The van der Waals surface area contributed by atoms with Crippen molar-refractivity contribution >= 4 is 53.9 Å². The van der Waals surface area contributed by atoms with Gasteiger partial charge in [0.25, 0.3) is 0 Å². The molecule has 0 fully saturated rings. The van der Waals surface area contributed by atoms with Gasteiger partial charge in [0.1, 0.15) is 6.04 Å². The van der Waals surface area contributed by atoms with Crippen LogP contribution in [0.4, 0.5) is 11.4 Å². The topological polar surface area (TPSA) is 120 Å². The molecule has 0 radical (unpaired) electrons. The van der Waals surface area contributed by atoms with Crippen LogP contribution in [0.25, 0.3) is 0 Å². The van der Waals surface area contributed by atoms with Gasteiger partial charge < -0.3 is 25.4 Å². The molecule has 1 amide bonds. The Bertz CT molecular complexity index is 1090. The van der Waals surface area contributed by atoms with Gasteiger partial charge in [-0.1, -0.05) is 29.3 Å². The molecule has 0 spiro atoms. The van der Waals surface area contributed by atoms with Crippen LogP contribution in [-0.2, 0) is 18.4 Å². The maximum Gasteiger partial charge on any atom is 0.332 e. The molecule has 0 saturated carbocycles. The molecule has 8 nitrogen and oxygen atoms in total. The van der Waals surface area contributed by atoms with Gasteiger partial charge in [-0.05, 0) is 57.5 Å². The number of benzene rings is 2. The fraction of sp³-hybridized carbons (Fsp3) is 0.391. The van der Waals surface area contributed by atoms with Crippen LogP contribution in [0, 0.1) is 6.92 Å². The van der Waals surface area contributed by atoms with E-state index in [-0.39, 0.29) is 41.7 Å². The zero-order valence-electron chi connectivity index (χ0n) is 19.6. The number of hydrogen-bond donors (Lipinski definition) is 3. The lowest BCUT2D eigenvalue weighted by atomic mass is 10.0. The van der Waals surface area contributed by atoms with Gasteiger partial charge in [0, 0.05) is 28.4 Å². The highest BCUT2D eigenvalue weighted by atomic mass is 35.5. The molecule has 2 rings (SSSR count). The molecule has 0 aliphatic rings. The SMILES string of the molecule is CCOP(=O)(CCNc1c(Cl)ccc(Cl)c1C(Nc1cc(C)ccc1C(C)=O)C(N)=O)OCC. The van der Waals surface area contributed by atoms with Gasteiger partial charge in [0.2, 0.25) is 5.91 Å². The number of primary amides is 1. The molecule has 4 N–H and O–H groups in total. The number of carbonyl (C=O) groups is 2. The zero-order chi connectivity index (χ0) is 25.5. The van der Waals surface area contributed by atoms with Crippen LogP contribution in [-0.4, -0.2) is 37.6 Å². The fourth-order valence-electron chi connectivity index (χ4n) is 3.43. The summed E-state index contributed by atoms with van der Waals surface area (Å²) in [6, 6.07) is 7.24. The lowest BCUT2D eigenvalue weighted by Gasteiger charge is -2.24. The number of nitrogens with one attached hydrogen (secondary N) is 2. The van der Waals surface area contributed by atoms with Gasteiger partial charge >= 0.3 is 7.60 Å². The number of amides is 1. The van der Waals surface area contributed by atoms with Crippen molar-refractivity contribution in [3.63, 3.8) is 0 Å². The Hall–Kier alpha value is -2.09. The van der Waals surface area contributed by atoms with Crippen molar-refractivity contribution in [2.24, 2.45) is 5.73 Å². The smallest absolute Gasteiger partial charge is 0.332 e. The molecule has 2 aromatic rings. The van der Waals surface area contributed by atoms with Crippen molar-refractivity contribution < 1.29 is 23.2 Å². The quantitative estimate of drug-likeness (QED) is 0.221. The molecular formula is C23H30Cl2N3O5P. The number of aryl methyl sites for hydroxylation is 1. The Labute approximate surface area is 210 Å². The van der Waals surface area contributed by atoms with Crippen molar-refractivity contribution in [1.29, 1.82) is 0 Å². The number of halogens is 2. The number of nitrogens with two attached hydrogens (primary N) is 1. The van der Waals surface area contributed by atoms with Crippen LogP contribution >= 0.6 is 30.8 Å². The third-order valence-corrected chi connectivity index (χ3v) is 7.63. The van der Waals surface area contributed by atoms with Gasteiger partial charge in [-0.15, -0.1) is 0 Å². The van der Waals surface area contributed by atoms with E-state index in [2.05, 4.69) is 10.6 Å². The lowest BCUT2D eigenvalue weighted by molar-refractivity contribution is -0.118. The Morgan fingerprint density at radius 1 is 1.09 bits per heavy atom. The highest BCUT2D eigenvalue weighted by Crippen LogP contribution is 2.48. The van der Waals surface area contributed by atoms with Crippen LogP contribution in [0.2, 0.25) is 10.0 Å².